The van der Waals surface area contributed by atoms with Gasteiger partial charge in [-0.25, -0.2) is 9.97 Å². The molecule has 7 nitrogen and oxygen atoms in total. The van der Waals surface area contributed by atoms with Crippen LogP contribution in [0.2, 0.25) is 0 Å². The Hall–Kier alpha value is -2.39. The molecule has 0 spiro atoms. The smallest absolute Gasteiger partial charge is 0.313 e. The van der Waals surface area contributed by atoms with Crippen molar-refractivity contribution in [2.75, 3.05) is 23.0 Å². The molecule has 0 saturated carbocycles. The summed E-state index contributed by atoms with van der Waals surface area (Å²) in [5.41, 5.74) is 1.53. The van der Waals surface area contributed by atoms with Crippen LogP contribution in [0.1, 0.15) is 12.6 Å². The van der Waals surface area contributed by atoms with Crippen LogP contribution in [-0.4, -0.2) is 38.5 Å². The summed E-state index contributed by atoms with van der Waals surface area (Å²) in [6.07, 6.45) is 0. The largest absolute Gasteiger partial charge is 0.494 e. The monoisotopic (exact) mass is 378 g/mol. The first-order chi connectivity index (χ1) is 12.0. The molecule has 3 N–H and O–H groups in total. The first-order valence-corrected chi connectivity index (χ1v) is 8.87. The Morgan fingerprint density at radius 2 is 2.00 bits per heavy atom. The van der Waals surface area contributed by atoms with Gasteiger partial charge in [-0.2, -0.15) is 0 Å². The van der Waals surface area contributed by atoms with Crippen LogP contribution in [0.4, 0.5) is 11.5 Å². The molecule has 2 aromatic rings. The number of aliphatic carboxylic acids is 1. The third-order valence-corrected chi connectivity index (χ3v) is 3.86. The van der Waals surface area contributed by atoms with E-state index in [0.29, 0.717) is 28.4 Å². The average molecular weight is 378 g/mol. The second kappa shape index (κ2) is 9.19. The number of aryl methyl sites for hydroxylation is 1. The number of thioether (sulfide) groups is 1. The summed E-state index contributed by atoms with van der Waals surface area (Å²) in [7, 11) is 0. The summed E-state index contributed by atoms with van der Waals surface area (Å²) in [4.78, 5) is 19.1. The number of carboxylic acids is 1. The van der Waals surface area contributed by atoms with Crippen LogP contribution in [0.3, 0.4) is 0 Å². The summed E-state index contributed by atoms with van der Waals surface area (Å²) in [6, 6.07) is 9.15. The topological polar surface area (TPSA) is 96.4 Å². The average Bonchev–Trinajstić information content (AvgIpc) is 2.54. The van der Waals surface area contributed by atoms with E-state index in [1.165, 1.54) is 0 Å². The zero-order valence-electron chi connectivity index (χ0n) is 13.8. The Balaban J connectivity index is 1.98. The number of aromatic nitrogens is 2. The predicted molar refractivity (Wildman–Crippen MR) is 103 cm³/mol. The first kappa shape index (κ1) is 18.9. The Labute approximate surface area is 155 Å². The Morgan fingerprint density at radius 3 is 2.64 bits per heavy atom. The van der Waals surface area contributed by atoms with E-state index in [9.17, 15) is 4.79 Å². The molecule has 0 atom stereocenters. The highest BCUT2D eigenvalue weighted by atomic mass is 32.2. The lowest BCUT2D eigenvalue weighted by molar-refractivity contribution is -0.133. The summed E-state index contributed by atoms with van der Waals surface area (Å²) >= 11 is 6.33. The van der Waals surface area contributed by atoms with Gasteiger partial charge < -0.3 is 20.5 Å². The Kier molecular flexibility index (Phi) is 6.96. The van der Waals surface area contributed by atoms with Crippen molar-refractivity contribution in [2.24, 2.45) is 0 Å². The number of nitrogens with one attached hydrogen (secondary N) is 2. The highest BCUT2D eigenvalue weighted by molar-refractivity contribution is 7.99. The fraction of sp³-hybridized carbons (Fsp3) is 0.250. The summed E-state index contributed by atoms with van der Waals surface area (Å²) in [6.45, 7) is 4.35. The quantitative estimate of drug-likeness (QED) is 0.381. The van der Waals surface area contributed by atoms with E-state index in [2.05, 4.69) is 20.6 Å². The van der Waals surface area contributed by atoms with Gasteiger partial charge in [0.1, 0.15) is 11.6 Å². The third kappa shape index (κ3) is 6.55. The van der Waals surface area contributed by atoms with E-state index >= 15 is 0 Å². The number of carbonyl (C=O) groups is 1. The van der Waals surface area contributed by atoms with Gasteiger partial charge in [-0.3, -0.25) is 4.79 Å². The zero-order valence-corrected chi connectivity index (χ0v) is 15.4. The van der Waals surface area contributed by atoms with Gasteiger partial charge in [0.25, 0.3) is 0 Å². The molecule has 0 fully saturated rings. The molecule has 0 radical (unpaired) electrons. The summed E-state index contributed by atoms with van der Waals surface area (Å²) in [5, 5.41) is 15.5. The molecule has 0 aliphatic rings. The molecule has 0 bridgehead atoms. The van der Waals surface area contributed by atoms with Gasteiger partial charge in [0, 0.05) is 17.4 Å². The third-order valence-electron chi connectivity index (χ3n) is 2.82. The van der Waals surface area contributed by atoms with Crippen molar-refractivity contribution < 1.29 is 14.6 Å². The van der Waals surface area contributed by atoms with Gasteiger partial charge in [-0.15, -0.1) is 0 Å². The van der Waals surface area contributed by atoms with Crippen molar-refractivity contribution in [1.29, 1.82) is 0 Å². The van der Waals surface area contributed by atoms with Crippen LogP contribution in [-0.2, 0) is 4.79 Å². The minimum absolute atomic E-state index is 0.0994. The molecule has 0 aliphatic heterocycles. The van der Waals surface area contributed by atoms with E-state index in [4.69, 9.17) is 22.1 Å². The fourth-order valence-corrected chi connectivity index (χ4v) is 2.72. The molecule has 1 heterocycles. The van der Waals surface area contributed by atoms with Gasteiger partial charge in [0.05, 0.1) is 12.4 Å². The molecule has 0 amide bonds. The van der Waals surface area contributed by atoms with Crippen LogP contribution >= 0.6 is 24.0 Å². The van der Waals surface area contributed by atoms with Gasteiger partial charge in [0.2, 0.25) is 0 Å². The first-order valence-electron chi connectivity index (χ1n) is 7.47. The second-order valence-electron chi connectivity index (χ2n) is 4.90. The lowest BCUT2D eigenvalue weighted by Crippen LogP contribution is -2.20. The number of rotatable bonds is 7. The zero-order chi connectivity index (χ0) is 18.2. The number of ether oxygens (including phenoxy) is 1. The highest BCUT2D eigenvalue weighted by Crippen LogP contribution is 2.18. The second-order valence-corrected chi connectivity index (χ2v) is 6.25. The molecule has 0 saturated heterocycles. The molecule has 9 heteroatoms. The van der Waals surface area contributed by atoms with Crippen molar-refractivity contribution in [2.45, 2.75) is 19.0 Å². The molecule has 25 heavy (non-hydrogen) atoms. The molecule has 1 aromatic heterocycles. The number of anilines is 2. The molecule has 1 aromatic carbocycles. The Morgan fingerprint density at radius 1 is 1.28 bits per heavy atom. The molecule has 2 rings (SSSR count). The van der Waals surface area contributed by atoms with Gasteiger partial charge >= 0.3 is 5.97 Å². The van der Waals surface area contributed by atoms with E-state index in [1.54, 1.807) is 13.0 Å². The maximum Gasteiger partial charge on any atom is 0.313 e. The van der Waals surface area contributed by atoms with Gasteiger partial charge in [-0.1, -0.05) is 11.8 Å². The van der Waals surface area contributed by atoms with Crippen LogP contribution in [0.15, 0.2) is 35.5 Å². The molecule has 132 valence electrons. The highest BCUT2D eigenvalue weighted by Gasteiger charge is 2.07. The Bertz CT molecular complexity index is 754. The van der Waals surface area contributed by atoms with Crippen LogP contribution in [0.25, 0.3) is 0 Å². The minimum atomic E-state index is -0.919. The SMILES string of the molecule is CCOc1ccc(NC(=S)Nc2cc(C)nc(SCC(=O)O)n2)cc1. The van der Waals surface area contributed by atoms with E-state index in [0.717, 1.165) is 23.2 Å². The van der Waals surface area contributed by atoms with E-state index in [-0.39, 0.29) is 5.75 Å². The van der Waals surface area contributed by atoms with Gasteiger partial charge in [0.15, 0.2) is 10.3 Å². The van der Waals surface area contributed by atoms with Crippen LogP contribution in [0, 0.1) is 6.92 Å². The number of hydrogen-bond acceptors (Lipinski definition) is 6. The number of nitrogens with zero attached hydrogens (tertiary/aromatic N) is 2. The lowest BCUT2D eigenvalue weighted by atomic mass is 10.3. The van der Waals surface area contributed by atoms with Gasteiger partial charge in [-0.05, 0) is 50.3 Å². The molecule has 0 aliphatic carbocycles. The summed E-state index contributed by atoms with van der Waals surface area (Å²) < 4.78 is 5.39. The van der Waals surface area contributed by atoms with Crippen molar-refractivity contribution in [3.63, 3.8) is 0 Å². The van der Waals surface area contributed by atoms with Crippen LogP contribution in [0.5, 0.6) is 5.75 Å². The van der Waals surface area contributed by atoms with Crippen molar-refractivity contribution >= 4 is 46.6 Å². The molecule has 0 unspecified atom stereocenters. The molecular weight excluding hydrogens is 360 g/mol. The maximum absolute atomic E-state index is 10.7. The molecular formula is C16H18N4O3S2. The predicted octanol–water partition coefficient (Wildman–Crippen LogP) is 3.17. The van der Waals surface area contributed by atoms with Crippen LogP contribution < -0.4 is 15.4 Å². The lowest BCUT2D eigenvalue weighted by Gasteiger charge is -2.11. The van der Waals surface area contributed by atoms with Crippen molar-refractivity contribution in [3.8, 4) is 5.75 Å². The standard InChI is InChI=1S/C16H18N4O3S2/c1-3-23-12-6-4-11(5-7-12)18-15(24)19-13-8-10(2)17-16(20-13)25-9-14(21)22/h4-8H,3,9H2,1-2H3,(H,21,22)(H2,17,18,19,20,24). The maximum atomic E-state index is 10.7. The minimum Gasteiger partial charge on any atom is -0.494 e. The van der Waals surface area contributed by atoms with E-state index in [1.807, 2.05) is 31.2 Å². The fourth-order valence-electron chi connectivity index (χ4n) is 1.88. The number of thiocarbonyl (C=S) groups is 1. The van der Waals surface area contributed by atoms with Crippen molar-refractivity contribution in [3.05, 3.63) is 36.0 Å². The number of hydrogen-bond donors (Lipinski definition) is 3. The number of benzene rings is 1. The number of carboxylic acid groups (broad SMARTS) is 1. The van der Waals surface area contributed by atoms with Crippen molar-refractivity contribution in [1.82, 2.24) is 9.97 Å². The normalized spacial score (nSPS) is 10.2. The van der Waals surface area contributed by atoms with E-state index < -0.39 is 5.97 Å². The summed E-state index contributed by atoms with van der Waals surface area (Å²) in [5.74, 6) is 0.275.